The second kappa shape index (κ2) is 7.65. The summed E-state index contributed by atoms with van der Waals surface area (Å²) < 4.78 is 11.5. The second-order valence-corrected chi connectivity index (χ2v) is 6.75. The number of aromatic nitrogens is 1. The van der Waals surface area contributed by atoms with Crippen LogP contribution < -0.4 is 9.47 Å². The molecule has 0 aliphatic heterocycles. The van der Waals surface area contributed by atoms with E-state index in [-0.39, 0.29) is 17.6 Å². The third-order valence-electron chi connectivity index (χ3n) is 5.12. The fourth-order valence-corrected chi connectivity index (χ4v) is 3.16. The van der Waals surface area contributed by atoms with Gasteiger partial charge in [-0.25, -0.2) is 0 Å². The Labute approximate surface area is 154 Å². The predicted molar refractivity (Wildman–Crippen MR) is 104 cm³/mol. The van der Waals surface area contributed by atoms with E-state index in [9.17, 15) is 4.79 Å². The number of nitrogens with one attached hydrogen (secondary N) is 1. The highest BCUT2D eigenvalue weighted by atomic mass is 16.5. The minimum atomic E-state index is -0.0372. The molecule has 0 radical (unpaired) electrons. The highest BCUT2D eigenvalue weighted by Crippen LogP contribution is 2.38. The van der Waals surface area contributed by atoms with Crippen molar-refractivity contribution in [2.24, 2.45) is 5.92 Å². The van der Waals surface area contributed by atoms with E-state index in [1.54, 1.807) is 14.0 Å². The number of Topliss-reactive ketones (excluding diaryl/α,β-unsaturated/α-hetero) is 1. The lowest BCUT2D eigenvalue weighted by molar-refractivity contribution is -0.120. The van der Waals surface area contributed by atoms with Crippen molar-refractivity contribution in [2.75, 3.05) is 7.11 Å². The van der Waals surface area contributed by atoms with E-state index in [1.165, 1.54) is 0 Å². The first-order valence-corrected chi connectivity index (χ1v) is 8.87. The van der Waals surface area contributed by atoms with Crippen molar-refractivity contribution in [3.63, 3.8) is 0 Å². The van der Waals surface area contributed by atoms with Crippen LogP contribution in [0, 0.1) is 5.92 Å². The average molecular weight is 351 g/mol. The molecule has 0 bridgehead atoms. The number of aromatic amines is 1. The van der Waals surface area contributed by atoms with Gasteiger partial charge in [-0.1, -0.05) is 44.2 Å². The molecule has 0 aliphatic rings. The topological polar surface area (TPSA) is 51.3 Å². The number of fused-ring (bicyclic) bond motifs is 1. The van der Waals surface area contributed by atoms with Crippen LogP contribution in [0.25, 0.3) is 10.9 Å². The minimum absolute atomic E-state index is 0.0372. The van der Waals surface area contributed by atoms with Gasteiger partial charge in [0.25, 0.3) is 0 Å². The molecular formula is C22H25NO3. The lowest BCUT2D eigenvalue weighted by Crippen LogP contribution is -2.14. The van der Waals surface area contributed by atoms with Crippen LogP contribution in [0.2, 0.25) is 0 Å². The van der Waals surface area contributed by atoms with E-state index in [4.69, 9.17) is 9.47 Å². The third-order valence-corrected chi connectivity index (χ3v) is 5.12. The Morgan fingerprint density at radius 3 is 2.50 bits per heavy atom. The molecule has 4 heteroatoms. The third kappa shape index (κ3) is 3.59. The number of hydrogen-bond acceptors (Lipinski definition) is 3. The number of hydrogen-bond donors (Lipinski definition) is 1. The van der Waals surface area contributed by atoms with Gasteiger partial charge in [-0.3, -0.25) is 4.79 Å². The molecule has 0 amide bonds. The Hall–Kier alpha value is -2.75. The fourth-order valence-electron chi connectivity index (χ4n) is 3.16. The summed E-state index contributed by atoms with van der Waals surface area (Å²) in [5.41, 5.74) is 3.20. The van der Waals surface area contributed by atoms with Gasteiger partial charge in [-0.2, -0.15) is 0 Å². The molecule has 1 aromatic heterocycles. The summed E-state index contributed by atoms with van der Waals surface area (Å²) >= 11 is 0. The van der Waals surface area contributed by atoms with Crippen LogP contribution in [0.4, 0.5) is 0 Å². The smallest absolute Gasteiger partial charge is 0.162 e. The predicted octanol–water partition coefficient (Wildman–Crippen LogP) is 5.08. The number of ether oxygens (including phenoxy) is 2. The molecule has 0 saturated heterocycles. The van der Waals surface area contributed by atoms with Crippen molar-refractivity contribution in [2.45, 2.75) is 33.3 Å². The Morgan fingerprint density at radius 2 is 1.85 bits per heavy atom. The molecule has 26 heavy (non-hydrogen) atoms. The number of H-pyrrole nitrogens is 1. The highest BCUT2D eigenvalue weighted by molar-refractivity contribution is 5.88. The molecule has 4 nitrogen and oxygen atoms in total. The highest BCUT2D eigenvalue weighted by Gasteiger charge is 2.22. The monoisotopic (exact) mass is 351 g/mol. The van der Waals surface area contributed by atoms with Gasteiger partial charge in [0.05, 0.1) is 7.11 Å². The Balaban J connectivity index is 1.95. The fraction of sp³-hybridized carbons (Fsp3) is 0.318. The molecule has 2 unspecified atom stereocenters. The second-order valence-electron chi connectivity index (χ2n) is 6.75. The Bertz CT molecular complexity index is 898. The summed E-state index contributed by atoms with van der Waals surface area (Å²) in [4.78, 5) is 15.1. The van der Waals surface area contributed by atoms with Crippen molar-refractivity contribution >= 4 is 16.7 Å². The van der Waals surface area contributed by atoms with Crippen LogP contribution in [0.5, 0.6) is 11.5 Å². The lowest BCUT2D eigenvalue weighted by Gasteiger charge is -2.17. The maximum Gasteiger partial charge on any atom is 0.162 e. The number of carbonyl (C=O) groups excluding carboxylic acids is 1. The van der Waals surface area contributed by atoms with Gasteiger partial charge in [-0.15, -0.1) is 0 Å². The van der Waals surface area contributed by atoms with Gasteiger partial charge in [0.2, 0.25) is 0 Å². The standard InChI is InChI=1S/C22H25NO3/c1-14(16(3)24)15(2)19-12-23-20-11-21(25-4)22(10-18(19)20)26-13-17-8-6-5-7-9-17/h5-12,14-15,23H,13H2,1-4H3. The maximum absolute atomic E-state index is 11.8. The summed E-state index contributed by atoms with van der Waals surface area (Å²) in [6, 6.07) is 14.0. The molecular weight excluding hydrogens is 326 g/mol. The first-order valence-electron chi connectivity index (χ1n) is 8.87. The first-order chi connectivity index (χ1) is 12.5. The summed E-state index contributed by atoms with van der Waals surface area (Å²) in [5.74, 6) is 1.67. The van der Waals surface area contributed by atoms with E-state index in [1.807, 2.05) is 55.6 Å². The van der Waals surface area contributed by atoms with Crippen LogP contribution in [0.1, 0.15) is 37.8 Å². The van der Waals surface area contributed by atoms with E-state index >= 15 is 0 Å². The molecule has 0 aliphatic carbocycles. The van der Waals surface area contributed by atoms with Crippen LogP contribution in [-0.4, -0.2) is 17.9 Å². The van der Waals surface area contributed by atoms with E-state index < -0.39 is 0 Å². The van der Waals surface area contributed by atoms with Crippen LogP contribution in [-0.2, 0) is 11.4 Å². The normalized spacial score (nSPS) is 13.4. The quantitative estimate of drug-likeness (QED) is 0.645. The largest absolute Gasteiger partial charge is 0.493 e. The Kier molecular flexibility index (Phi) is 5.31. The zero-order valence-electron chi connectivity index (χ0n) is 15.7. The summed E-state index contributed by atoms with van der Waals surface area (Å²) in [6.07, 6.45) is 1.98. The number of ketones is 1. The number of rotatable bonds is 7. The van der Waals surface area contributed by atoms with E-state index in [0.717, 1.165) is 22.0 Å². The number of methoxy groups -OCH3 is 1. The maximum atomic E-state index is 11.8. The van der Waals surface area contributed by atoms with Crippen LogP contribution in [0.15, 0.2) is 48.7 Å². The number of carbonyl (C=O) groups is 1. The molecule has 1 heterocycles. The lowest BCUT2D eigenvalue weighted by atomic mass is 9.86. The molecule has 3 rings (SSSR count). The molecule has 0 spiro atoms. The summed E-state index contributed by atoms with van der Waals surface area (Å²) in [7, 11) is 1.64. The zero-order chi connectivity index (χ0) is 18.7. The molecule has 2 aromatic carbocycles. The van der Waals surface area contributed by atoms with Crippen molar-refractivity contribution in [3.8, 4) is 11.5 Å². The average Bonchev–Trinajstić information content (AvgIpc) is 3.07. The molecule has 136 valence electrons. The van der Waals surface area contributed by atoms with E-state index in [2.05, 4.69) is 11.9 Å². The van der Waals surface area contributed by atoms with Crippen LogP contribution >= 0.6 is 0 Å². The molecule has 0 saturated carbocycles. The van der Waals surface area contributed by atoms with Gasteiger partial charge in [0, 0.05) is 29.1 Å². The summed E-state index contributed by atoms with van der Waals surface area (Å²) in [5, 5.41) is 1.06. The van der Waals surface area contributed by atoms with Gasteiger partial charge >= 0.3 is 0 Å². The van der Waals surface area contributed by atoms with Crippen LogP contribution in [0.3, 0.4) is 0 Å². The molecule has 0 fully saturated rings. The van der Waals surface area contributed by atoms with Gasteiger partial charge in [-0.05, 0) is 30.0 Å². The summed E-state index contributed by atoms with van der Waals surface area (Å²) in [6.45, 7) is 6.18. The van der Waals surface area contributed by atoms with Crippen molar-refractivity contribution < 1.29 is 14.3 Å². The molecule has 2 atom stereocenters. The van der Waals surface area contributed by atoms with E-state index in [0.29, 0.717) is 18.1 Å². The molecule has 1 N–H and O–H groups in total. The van der Waals surface area contributed by atoms with Gasteiger partial charge in [0.1, 0.15) is 12.4 Å². The Morgan fingerprint density at radius 1 is 1.12 bits per heavy atom. The number of benzene rings is 2. The van der Waals surface area contributed by atoms with Gasteiger partial charge in [0.15, 0.2) is 11.5 Å². The SMILES string of the molecule is COc1cc2[nH]cc(C(C)C(C)C(C)=O)c2cc1OCc1ccccc1. The zero-order valence-corrected chi connectivity index (χ0v) is 15.7. The van der Waals surface area contributed by atoms with Crippen molar-refractivity contribution in [3.05, 3.63) is 59.8 Å². The first kappa shape index (κ1) is 18.1. The van der Waals surface area contributed by atoms with Crippen molar-refractivity contribution in [1.82, 2.24) is 4.98 Å². The van der Waals surface area contributed by atoms with Crippen molar-refractivity contribution in [1.29, 1.82) is 0 Å². The minimum Gasteiger partial charge on any atom is -0.493 e. The molecule has 3 aromatic rings. The van der Waals surface area contributed by atoms with Gasteiger partial charge < -0.3 is 14.5 Å².